The third-order valence-corrected chi connectivity index (χ3v) is 4.29. The van der Waals surface area contributed by atoms with Crippen molar-refractivity contribution >= 4 is 12.0 Å². The average Bonchev–Trinajstić information content (AvgIpc) is 2.43. The lowest BCUT2D eigenvalue weighted by Gasteiger charge is -2.36. The van der Waals surface area contributed by atoms with Crippen LogP contribution in [0.4, 0.5) is 4.79 Å². The third kappa shape index (κ3) is 6.33. The van der Waals surface area contributed by atoms with Crippen molar-refractivity contribution in [2.45, 2.75) is 58.0 Å². The van der Waals surface area contributed by atoms with Crippen molar-refractivity contribution in [1.29, 1.82) is 0 Å². The van der Waals surface area contributed by atoms with Gasteiger partial charge in [-0.1, -0.05) is 19.3 Å². The predicted octanol–water partition coefficient (Wildman–Crippen LogP) is 2.14. The van der Waals surface area contributed by atoms with Gasteiger partial charge in [-0.2, -0.15) is 0 Å². The standard InChI is InChI=1S/C15H28N2O4/c1-14(2,21-3)10-16-13(20)17-11-15(9-12(18)19)7-5-4-6-8-15/h4-11H2,1-3H3,(H,18,19)(H2,16,17,20). The van der Waals surface area contributed by atoms with Crippen LogP contribution in [0.2, 0.25) is 0 Å². The van der Waals surface area contributed by atoms with Gasteiger partial charge in [0.05, 0.1) is 12.0 Å². The van der Waals surface area contributed by atoms with Gasteiger partial charge in [0.1, 0.15) is 0 Å². The van der Waals surface area contributed by atoms with E-state index in [0.717, 1.165) is 32.1 Å². The normalized spacial score (nSPS) is 18.0. The summed E-state index contributed by atoms with van der Waals surface area (Å²) in [5.41, 5.74) is -0.709. The molecule has 1 fully saturated rings. The molecule has 2 amide bonds. The lowest BCUT2D eigenvalue weighted by atomic mass is 9.72. The number of carbonyl (C=O) groups is 2. The number of ether oxygens (including phenoxy) is 1. The molecular weight excluding hydrogens is 272 g/mol. The van der Waals surface area contributed by atoms with E-state index < -0.39 is 11.6 Å². The fraction of sp³-hybridized carbons (Fsp3) is 0.867. The van der Waals surface area contributed by atoms with Gasteiger partial charge in [-0.05, 0) is 32.1 Å². The first kappa shape index (κ1) is 17.8. The van der Waals surface area contributed by atoms with Crippen LogP contribution < -0.4 is 10.6 Å². The first-order valence-corrected chi connectivity index (χ1v) is 7.57. The van der Waals surface area contributed by atoms with Crippen LogP contribution in [-0.4, -0.2) is 42.9 Å². The van der Waals surface area contributed by atoms with Gasteiger partial charge in [-0.15, -0.1) is 0 Å². The minimum atomic E-state index is -0.792. The second kappa shape index (κ2) is 7.64. The van der Waals surface area contributed by atoms with Crippen LogP contribution in [0.25, 0.3) is 0 Å². The number of amides is 2. The number of hydrogen-bond acceptors (Lipinski definition) is 3. The van der Waals surface area contributed by atoms with E-state index in [-0.39, 0.29) is 17.9 Å². The minimum absolute atomic E-state index is 0.122. The molecule has 6 heteroatoms. The summed E-state index contributed by atoms with van der Waals surface area (Å²) in [6.45, 7) is 4.60. The largest absolute Gasteiger partial charge is 0.481 e. The van der Waals surface area contributed by atoms with Gasteiger partial charge in [-0.3, -0.25) is 4.79 Å². The lowest BCUT2D eigenvalue weighted by Crippen LogP contribution is -2.48. The highest BCUT2D eigenvalue weighted by Gasteiger charge is 2.34. The Balaban J connectivity index is 2.45. The van der Waals surface area contributed by atoms with Crippen molar-refractivity contribution < 1.29 is 19.4 Å². The Morgan fingerprint density at radius 1 is 1.19 bits per heavy atom. The fourth-order valence-electron chi connectivity index (χ4n) is 2.73. The molecule has 0 spiro atoms. The van der Waals surface area contributed by atoms with Crippen LogP contribution in [0.15, 0.2) is 0 Å². The number of carboxylic acid groups (broad SMARTS) is 1. The SMILES string of the molecule is COC(C)(C)CNC(=O)NCC1(CC(=O)O)CCCCC1. The Morgan fingerprint density at radius 2 is 1.81 bits per heavy atom. The van der Waals surface area contributed by atoms with Gasteiger partial charge in [-0.25, -0.2) is 4.79 Å². The molecule has 6 nitrogen and oxygen atoms in total. The highest BCUT2D eigenvalue weighted by molar-refractivity contribution is 5.74. The van der Waals surface area contributed by atoms with Crippen molar-refractivity contribution in [3.63, 3.8) is 0 Å². The molecule has 1 aliphatic rings. The molecule has 1 rings (SSSR count). The third-order valence-electron chi connectivity index (χ3n) is 4.29. The summed E-state index contributed by atoms with van der Waals surface area (Å²) in [5.74, 6) is -0.792. The molecule has 21 heavy (non-hydrogen) atoms. The summed E-state index contributed by atoms with van der Waals surface area (Å²) in [6, 6.07) is -0.268. The molecule has 0 heterocycles. The van der Waals surface area contributed by atoms with Gasteiger partial charge in [0.15, 0.2) is 0 Å². The second-order valence-electron chi connectivity index (χ2n) is 6.63. The maximum absolute atomic E-state index is 11.9. The zero-order valence-electron chi connectivity index (χ0n) is 13.3. The summed E-state index contributed by atoms with van der Waals surface area (Å²) >= 11 is 0. The van der Waals surface area contributed by atoms with Crippen molar-refractivity contribution in [2.75, 3.05) is 20.2 Å². The van der Waals surface area contributed by atoms with Crippen LogP contribution in [0.5, 0.6) is 0 Å². The molecule has 0 radical (unpaired) electrons. The molecule has 3 N–H and O–H groups in total. The smallest absolute Gasteiger partial charge is 0.314 e. The van der Waals surface area contributed by atoms with E-state index in [4.69, 9.17) is 9.84 Å². The number of carbonyl (C=O) groups excluding carboxylic acids is 1. The zero-order valence-corrected chi connectivity index (χ0v) is 13.3. The van der Waals surface area contributed by atoms with Gasteiger partial charge >= 0.3 is 12.0 Å². The van der Waals surface area contributed by atoms with E-state index in [9.17, 15) is 9.59 Å². The quantitative estimate of drug-likeness (QED) is 0.672. The summed E-state index contributed by atoms with van der Waals surface area (Å²) in [7, 11) is 1.60. The molecule has 0 aromatic carbocycles. The number of hydrogen-bond donors (Lipinski definition) is 3. The minimum Gasteiger partial charge on any atom is -0.481 e. The molecule has 122 valence electrons. The van der Waals surface area contributed by atoms with E-state index >= 15 is 0 Å². The van der Waals surface area contributed by atoms with Crippen LogP contribution in [0.1, 0.15) is 52.4 Å². The fourth-order valence-corrected chi connectivity index (χ4v) is 2.73. The molecule has 0 unspecified atom stereocenters. The number of rotatable bonds is 7. The van der Waals surface area contributed by atoms with Crippen molar-refractivity contribution in [3.05, 3.63) is 0 Å². The Bertz CT molecular complexity index is 363. The number of carboxylic acids is 1. The molecule has 0 aliphatic heterocycles. The first-order valence-electron chi connectivity index (χ1n) is 7.57. The first-order chi connectivity index (χ1) is 9.79. The number of nitrogens with one attached hydrogen (secondary N) is 2. The van der Waals surface area contributed by atoms with Crippen molar-refractivity contribution in [2.24, 2.45) is 5.41 Å². The van der Waals surface area contributed by atoms with Crippen LogP contribution >= 0.6 is 0 Å². The monoisotopic (exact) mass is 300 g/mol. The van der Waals surface area contributed by atoms with Gasteiger partial charge in [0, 0.05) is 20.2 Å². The number of urea groups is 1. The van der Waals surface area contributed by atoms with E-state index in [1.165, 1.54) is 0 Å². The van der Waals surface area contributed by atoms with E-state index in [0.29, 0.717) is 13.1 Å². The second-order valence-corrected chi connectivity index (χ2v) is 6.63. The van der Waals surface area contributed by atoms with Gasteiger partial charge < -0.3 is 20.5 Å². The van der Waals surface area contributed by atoms with Crippen molar-refractivity contribution in [1.82, 2.24) is 10.6 Å². The number of methoxy groups -OCH3 is 1. The van der Waals surface area contributed by atoms with Crippen LogP contribution in [0.3, 0.4) is 0 Å². The summed E-state index contributed by atoms with van der Waals surface area (Å²) in [6.07, 6.45) is 5.07. The molecule has 1 aliphatic carbocycles. The summed E-state index contributed by atoms with van der Waals surface area (Å²) < 4.78 is 5.23. The molecule has 0 saturated heterocycles. The van der Waals surface area contributed by atoms with E-state index in [1.807, 2.05) is 13.8 Å². The molecule has 0 aromatic heterocycles. The summed E-state index contributed by atoms with van der Waals surface area (Å²) in [5, 5.41) is 14.7. The Hall–Kier alpha value is -1.30. The molecule has 0 aromatic rings. The maximum Gasteiger partial charge on any atom is 0.314 e. The molecular formula is C15H28N2O4. The Labute approximate surface area is 126 Å². The van der Waals surface area contributed by atoms with Crippen LogP contribution in [0, 0.1) is 5.41 Å². The molecule has 1 saturated carbocycles. The van der Waals surface area contributed by atoms with Gasteiger partial charge in [0.2, 0.25) is 0 Å². The predicted molar refractivity (Wildman–Crippen MR) is 80.3 cm³/mol. The topological polar surface area (TPSA) is 87.7 Å². The maximum atomic E-state index is 11.9. The van der Waals surface area contributed by atoms with Crippen molar-refractivity contribution in [3.8, 4) is 0 Å². The lowest BCUT2D eigenvalue weighted by molar-refractivity contribution is -0.140. The van der Waals surface area contributed by atoms with Crippen LogP contribution in [-0.2, 0) is 9.53 Å². The van der Waals surface area contributed by atoms with Gasteiger partial charge in [0.25, 0.3) is 0 Å². The number of aliphatic carboxylic acids is 1. The molecule has 0 bridgehead atoms. The van der Waals surface area contributed by atoms with E-state index in [2.05, 4.69) is 10.6 Å². The average molecular weight is 300 g/mol. The Morgan fingerprint density at radius 3 is 2.33 bits per heavy atom. The molecule has 0 atom stereocenters. The highest BCUT2D eigenvalue weighted by atomic mass is 16.5. The summed E-state index contributed by atoms with van der Waals surface area (Å²) in [4.78, 5) is 22.9. The Kier molecular flexibility index (Phi) is 6.45. The highest BCUT2D eigenvalue weighted by Crippen LogP contribution is 2.38. The zero-order chi connectivity index (χ0) is 15.9. The van der Waals surface area contributed by atoms with E-state index in [1.54, 1.807) is 7.11 Å².